The first-order valence-electron chi connectivity index (χ1n) is 4.97. The standard InChI is InChI=1S/C11H16N2O3/c1-15-7-8-16-13-11(14)10(12)9-5-3-2-4-6-9/h2-6,10H,7-8,12H2,1H3,(H,13,14). The van der Waals surface area contributed by atoms with Crippen LogP contribution in [0.2, 0.25) is 0 Å². The summed E-state index contributed by atoms with van der Waals surface area (Å²) in [5.41, 5.74) is 8.75. The number of hydroxylamine groups is 1. The van der Waals surface area contributed by atoms with Gasteiger partial charge in [-0.15, -0.1) is 0 Å². The number of carbonyl (C=O) groups is 1. The van der Waals surface area contributed by atoms with Crippen molar-refractivity contribution in [3.05, 3.63) is 35.9 Å². The third-order valence-electron chi connectivity index (χ3n) is 2.00. The Balaban J connectivity index is 2.37. The number of hydrogen-bond acceptors (Lipinski definition) is 4. The smallest absolute Gasteiger partial charge is 0.265 e. The van der Waals surface area contributed by atoms with Crippen LogP contribution >= 0.6 is 0 Å². The molecule has 1 aromatic rings. The highest BCUT2D eigenvalue weighted by Gasteiger charge is 2.14. The molecule has 0 radical (unpaired) electrons. The van der Waals surface area contributed by atoms with Gasteiger partial charge in [0.25, 0.3) is 5.91 Å². The fourth-order valence-corrected chi connectivity index (χ4v) is 1.12. The zero-order valence-corrected chi connectivity index (χ0v) is 9.18. The molecule has 5 nitrogen and oxygen atoms in total. The van der Waals surface area contributed by atoms with Crippen molar-refractivity contribution in [3.8, 4) is 0 Å². The van der Waals surface area contributed by atoms with Gasteiger partial charge in [-0.05, 0) is 5.56 Å². The first-order valence-corrected chi connectivity index (χ1v) is 4.97. The normalized spacial score (nSPS) is 12.1. The van der Waals surface area contributed by atoms with Crippen LogP contribution in [0, 0.1) is 0 Å². The van der Waals surface area contributed by atoms with Gasteiger partial charge in [-0.1, -0.05) is 30.3 Å². The summed E-state index contributed by atoms with van der Waals surface area (Å²) in [6, 6.07) is 8.38. The average Bonchev–Trinajstić information content (AvgIpc) is 2.34. The van der Waals surface area contributed by atoms with Crippen molar-refractivity contribution in [1.82, 2.24) is 5.48 Å². The summed E-state index contributed by atoms with van der Waals surface area (Å²) in [6.07, 6.45) is 0. The molecule has 1 amide bonds. The van der Waals surface area contributed by atoms with Crippen LogP contribution in [0.15, 0.2) is 30.3 Å². The molecule has 0 aliphatic heterocycles. The Morgan fingerprint density at radius 1 is 1.38 bits per heavy atom. The number of carbonyl (C=O) groups excluding carboxylic acids is 1. The van der Waals surface area contributed by atoms with Crippen molar-refractivity contribution in [3.63, 3.8) is 0 Å². The van der Waals surface area contributed by atoms with E-state index >= 15 is 0 Å². The summed E-state index contributed by atoms with van der Waals surface area (Å²) in [6.45, 7) is 0.713. The van der Waals surface area contributed by atoms with Crippen LogP contribution in [0.5, 0.6) is 0 Å². The summed E-state index contributed by atoms with van der Waals surface area (Å²) in [5.74, 6) is -0.373. The van der Waals surface area contributed by atoms with Gasteiger partial charge in [0.1, 0.15) is 6.04 Å². The number of nitrogens with one attached hydrogen (secondary N) is 1. The molecule has 1 unspecified atom stereocenters. The van der Waals surface area contributed by atoms with Gasteiger partial charge < -0.3 is 10.5 Å². The summed E-state index contributed by atoms with van der Waals surface area (Å²) in [7, 11) is 1.56. The summed E-state index contributed by atoms with van der Waals surface area (Å²) in [4.78, 5) is 16.4. The molecule has 0 aromatic heterocycles. The maximum atomic E-state index is 11.5. The number of methoxy groups -OCH3 is 1. The number of rotatable bonds is 6. The predicted molar refractivity (Wildman–Crippen MR) is 59.3 cm³/mol. The molecule has 0 saturated carbocycles. The summed E-state index contributed by atoms with van der Waals surface area (Å²) < 4.78 is 4.76. The second kappa shape index (κ2) is 6.95. The van der Waals surface area contributed by atoms with Gasteiger partial charge in [0, 0.05) is 7.11 Å². The highest BCUT2D eigenvalue weighted by molar-refractivity contribution is 5.81. The molecule has 0 heterocycles. The molecule has 16 heavy (non-hydrogen) atoms. The predicted octanol–water partition coefficient (Wildman–Crippen LogP) is 0.381. The molecule has 0 bridgehead atoms. The Morgan fingerprint density at radius 2 is 2.06 bits per heavy atom. The maximum Gasteiger partial charge on any atom is 0.265 e. The van der Waals surface area contributed by atoms with E-state index in [1.165, 1.54) is 0 Å². The lowest BCUT2D eigenvalue weighted by Gasteiger charge is -2.12. The van der Waals surface area contributed by atoms with Crippen molar-refractivity contribution >= 4 is 5.91 Å². The van der Waals surface area contributed by atoms with Gasteiger partial charge >= 0.3 is 0 Å². The fourth-order valence-electron chi connectivity index (χ4n) is 1.12. The van der Waals surface area contributed by atoms with Crippen LogP contribution in [0.3, 0.4) is 0 Å². The lowest BCUT2D eigenvalue weighted by molar-refractivity contribution is -0.136. The Labute approximate surface area is 94.5 Å². The minimum absolute atomic E-state index is 0.295. The van der Waals surface area contributed by atoms with Gasteiger partial charge in [0.2, 0.25) is 0 Å². The summed E-state index contributed by atoms with van der Waals surface area (Å²) >= 11 is 0. The highest BCUT2D eigenvalue weighted by atomic mass is 16.7. The monoisotopic (exact) mass is 224 g/mol. The third kappa shape index (κ3) is 3.98. The Hall–Kier alpha value is -1.43. The van der Waals surface area contributed by atoms with Crippen molar-refractivity contribution in [2.24, 2.45) is 5.73 Å². The molecule has 3 N–H and O–H groups in total. The highest BCUT2D eigenvalue weighted by Crippen LogP contribution is 2.08. The zero-order chi connectivity index (χ0) is 11.8. The maximum absolute atomic E-state index is 11.5. The topological polar surface area (TPSA) is 73.6 Å². The van der Waals surface area contributed by atoms with Gasteiger partial charge in [-0.3, -0.25) is 9.63 Å². The quantitative estimate of drug-likeness (QED) is 0.541. The number of ether oxygens (including phenoxy) is 1. The van der Waals surface area contributed by atoms with Crippen LogP contribution in [-0.4, -0.2) is 26.2 Å². The Morgan fingerprint density at radius 3 is 2.69 bits per heavy atom. The first-order chi connectivity index (χ1) is 7.75. The van der Waals surface area contributed by atoms with E-state index in [-0.39, 0.29) is 5.91 Å². The van der Waals surface area contributed by atoms with E-state index in [0.717, 1.165) is 5.56 Å². The molecule has 5 heteroatoms. The van der Waals surface area contributed by atoms with Crippen LogP contribution in [0.25, 0.3) is 0 Å². The minimum atomic E-state index is -0.719. The van der Waals surface area contributed by atoms with E-state index in [1.54, 1.807) is 19.2 Å². The molecular formula is C11H16N2O3. The fraction of sp³-hybridized carbons (Fsp3) is 0.364. The number of amides is 1. The second-order valence-electron chi connectivity index (χ2n) is 3.20. The van der Waals surface area contributed by atoms with E-state index in [9.17, 15) is 4.79 Å². The second-order valence-corrected chi connectivity index (χ2v) is 3.20. The molecule has 0 aliphatic rings. The molecule has 1 rings (SSSR count). The summed E-state index contributed by atoms with van der Waals surface area (Å²) in [5, 5.41) is 0. The minimum Gasteiger partial charge on any atom is -0.382 e. The van der Waals surface area contributed by atoms with Gasteiger partial charge in [-0.25, -0.2) is 5.48 Å². The van der Waals surface area contributed by atoms with Crippen molar-refractivity contribution in [2.75, 3.05) is 20.3 Å². The molecule has 88 valence electrons. The zero-order valence-electron chi connectivity index (χ0n) is 9.18. The Kier molecular flexibility index (Phi) is 5.49. The lowest BCUT2D eigenvalue weighted by Crippen LogP contribution is -2.34. The van der Waals surface area contributed by atoms with Gasteiger partial charge in [0.15, 0.2) is 0 Å². The molecule has 0 aliphatic carbocycles. The van der Waals surface area contributed by atoms with Gasteiger partial charge in [-0.2, -0.15) is 0 Å². The van der Waals surface area contributed by atoms with Crippen LogP contribution < -0.4 is 11.2 Å². The van der Waals surface area contributed by atoms with Crippen molar-refractivity contribution < 1.29 is 14.4 Å². The van der Waals surface area contributed by atoms with Crippen LogP contribution in [0.1, 0.15) is 11.6 Å². The molecule has 0 fully saturated rings. The molecule has 0 saturated heterocycles. The van der Waals surface area contributed by atoms with Crippen LogP contribution in [-0.2, 0) is 14.4 Å². The number of benzene rings is 1. The van der Waals surface area contributed by atoms with E-state index in [4.69, 9.17) is 15.3 Å². The largest absolute Gasteiger partial charge is 0.382 e. The van der Waals surface area contributed by atoms with E-state index < -0.39 is 6.04 Å². The first kappa shape index (κ1) is 12.6. The Bertz CT molecular complexity index is 316. The van der Waals surface area contributed by atoms with Crippen LogP contribution in [0.4, 0.5) is 0 Å². The van der Waals surface area contributed by atoms with E-state index in [0.29, 0.717) is 13.2 Å². The van der Waals surface area contributed by atoms with Crippen molar-refractivity contribution in [2.45, 2.75) is 6.04 Å². The lowest BCUT2D eigenvalue weighted by atomic mass is 10.1. The number of nitrogens with two attached hydrogens (primary N) is 1. The third-order valence-corrected chi connectivity index (χ3v) is 2.00. The van der Waals surface area contributed by atoms with E-state index in [2.05, 4.69) is 5.48 Å². The van der Waals surface area contributed by atoms with E-state index in [1.807, 2.05) is 18.2 Å². The average molecular weight is 224 g/mol. The molecule has 1 aromatic carbocycles. The molecule has 0 spiro atoms. The SMILES string of the molecule is COCCONC(=O)C(N)c1ccccc1. The van der Waals surface area contributed by atoms with Gasteiger partial charge in [0.05, 0.1) is 13.2 Å². The molecule has 1 atom stereocenters. The number of hydrogen-bond donors (Lipinski definition) is 2. The molecular weight excluding hydrogens is 208 g/mol. The van der Waals surface area contributed by atoms with Crippen molar-refractivity contribution in [1.29, 1.82) is 0 Å².